The number of aromatic nitrogens is 1. The highest BCUT2D eigenvalue weighted by Gasteiger charge is 2.19. The molecule has 0 aliphatic carbocycles. The molecule has 0 spiro atoms. The highest BCUT2D eigenvalue weighted by atomic mass is 16.5. The van der Waals surface area contributed by atoms with Crippen molar-refractivity contribution in [1.29, 1.82) is 0 Å². The fraction of sp³-hybridized carbons (Fsp3) is 0.556. The third kappa shape index (κ3) is 1.49. The predicted molar refractivity (Wildman–Crippen MR) is 46.8 cm³/mol. The fourth-order valence-electron chi connectivity index (χ4n) is 1.62. The van der Waals surface area contributed by atoms with E-state index in [4.69, 9.17) is 4.52 Å². The van der Waals surface area contributed by atoms with Crippen LogP contribution in [0, 0.1) is 0 Å². The average Bonchev–Trinajstić information content (AvgIpc) is 2.45. The molecule has 4 nitrogen and oxygen atoms in total. The van der Waals surface area contributed by atoms with Gasteiger partial charge in [0, 0.05) is 25.1 Å². The number of likely N-dealkylation sites (N-methyl/N-ethyl adjacent to an activating group) is 1. The van der Waals surface area contributed by atoms with Crippen LogP contribution in [-0.4, -0.2) is 36.5 Å². The first-order valence-electron chi connectivity index (χ1n) is 4.42. The first-order chi connectivity index (χ1) is 6.31. The lowest BCUT2D eigenvalue weighted by molar-refractivity contribution is 0.111. The Balaban J connectivity index is 2.31. The molecule has 0 amide bonds. The van der Waals surface area contributed by atoms with Crippen LogP contribution in [0.5, 0.6) is 0 Å². The van der Waals surface area contributed by atoms with Gasteiger partial charge in [-0.3, -0.25) is 4.79 Å². The molecule has 1 aliphatic rings. The van der Waals surface area contributed by atoms with Gasteiger partial charge < -0.3 is 9.42 Å². The van der Waals surface area contributed by atoms with E-state index in [1.54, 1.807) is 0 Å². The Bertz CT molecular complexity index is 319. The van der Waals surface area contributed by atoms with Crippen LogP contribution in [0.4, 0.5) is 0 Å². The fourth-order valence-corrected chi connectivity index (χ4v) is 1.62. The van der Waals surface area contributed by atoms with Crippen LogP contribution in [0.25, 0.3) is 0 Å². The first kappa shape index (κ1) is 8.44. The zero-order valence-electron chi connectivity index (χ0n) is 7.62. The Hall–Kier alpha value is -1.16. The standard InChI is InChI=1S/C9H12N2O2/c1-11-4-2-7-8(6-12)10-13-9(7)3-5-11/h6H,2-5H2,1H3. The highest BCUT2D eigenvalue weighted by Crippen LogP contribution is 2.17. The number of carbonyl (C=O) groups is 1. The number of fused-ring (bicyclic) bond motifs is 1. The summed E-state index contributed by atoms with van der Waals surface area (Å²) in [6, 6.07) is 0. The third-order valence-electron chi connectivity index (χ3n) is 2.48. The summed E-state index contributed by atoms with van der Waals surface area (Å²) in [5, 5.41) is 3.72. The van der Waals surface area contributed by atoms with Crippen molar-refractivity contribution in [1.82, 2.24) is 10.1 Å². The summed E-state index contributed by atoms with van der Waals surface area (Å²) in [5.74, 6) is 0.881. The normalized spacial score (nSPS) is 17.9. The maximum Gasteiger partial charge on any atom is 0.172 e. The second-order valence-corrected chi connectivity index (χ2v) is 3.39. The molecule has 1 aromatic heterocycles. The molecule has 4 heteroatoms. The van der Waals surface area contributed by atoms with Gasteiger partial charge in [0.2, 0.25) is 0 Å². The molecule has 0 N–H and O–H groups in total. The van der Waals surface area contributed by atoms with Crippen LogP contribution in [0.1, 0.15) is 21.8 Å². The van der Waals surface area contributed by atoms with Crippen LogP contribution in [-0.2, 0) is 12.8 Å². The average molecular weight is 180 g/mol. The predicted octanol–water partition coefficient (Wildman–Crippen LogP) is 0.517. The van der Waals surface area contributed by atoms with E-state index in [0.717, 1.165) is 43.5 Å². The maximum absolute atomic E-state index is 10.6. The Morgan fingerprint density at radius 1 is 1.46 bits per heavy atom. The zero-order chi connectivity index (χ0) is 9.26. The van der Waals surface area contributed by atoms with Gasteiger partial charge in [0.1, 0.15) is 11.5 Å². The van der Waals surface area contributed by atoms with Crippen molar-refractivity contribution < 1.29 is 9.32 Å². The molecule has 0 bridgehead atoms. The summed E-state index contributed by atoms with van der Waals surface area (Å²) in [4.78, 5) is 12.8. The molecular weight excluding hydrogens is 168 g/mol. The minimum absolute atomic E-state index is 0.477. The summed E-state index contributed by atoms with van der Waals surface area (Å²) in [5.41, 5.74) is 1.48. The molecule has 0 fully saturated rings. The maximum atomic E-state index is 10.6. The van der Waals surface area contributed by atoms with Crippen molar-refractivity contribution in [2.24, 2.45) is 0 Å². The Kier molecular flexibility index (Phi) is 2.14. The SMILES string of the molecule is CN1CCc2onc(C=O)c2CC1. The van der Waals surface area contributed by atoms with Gasteiger partial charge in [-0.1, -0.05) is 5.16 Å². The number of rotatable bonds is 1. The summed E-state index contributed by atoms with van der Waals surface area (Å²) in [7, 11) is 2.07. The van der Waals surface area contributed by atoms with E-state index in [1.807, 2.05) is 0 Å². The summed E-state index contributed by atoms with van der Waals surface area (Å²) in [6.07, 6.45) is 2.49. The summed E-state index contributed by atoms with van der Waals surface area (Å²) < 4.78 is 5.10. The van der Waals surface area contributed by atoms with Gasteiger partial charge in [-0.05, 0) is 13.5 Å². The van der Waals surface area contributed by atoms with Crippen LogP contribution in [0.15, 0.2) is 4.52 Å². The molecule has 2 heterocycles. The van der Waals surface area contributed by atoms with Crippen molar-refractivity contribution in [3.63, 3.8) is 0 Å². The van der Waals surface area contributed by atoms with Gasteiger partial charge >= 0.3 is 0 Å². The van der Waals surface area contributed by atoms with E-state index in [1.165, 1.54) is 0 Å². The van der Waals surface area contributed by atoms with E-state index < -0.39 is 0 Å². The molecule has 0 saturated heterocycles. The third-order valence-corrected chi connectivity index (χ3v) is 2.48. The van der Waals surface area contributed by atoms with Gasteiger partial charge in [-0.2, -0.15) is 0 Å². The van der Waals surface area contributed by atoms with Crippen LogP contribution >= 0.6 is 0 Å². The second kappa shape index (κ2) is 3.30. The molecule has 0 atom stereocenters. The van der Waals surface area contributed by atoms with Crippen molar-refractivity contribution >= 4 is 6.29 Å². The molecule has 1 aliphatic heterocycles. The number of hydrogen-bond donors (Lipinski definition) is 0. The van der Waals surface area contributed by atoms with Gasteiger partial charge in [-0.25, -0.2) is 0 Å². The Morgan fingerprint density at radius 3 is 3.00 bits per heavy atom. The zero-order valence-corrected chi connectivity index (χ0v) is 7.62. The van der Waals surface area contributed by atoms with Gasteiger partial charge in [0.25, 0.3) is 0 Å². The molecule has 0 radical (unpaired) electrons. The van der Waals surface area contributed by atoms with Gasteiger partial charge in [-0.15, -0.1) is 0 Å². The molecule has 0 saturated carbocycles. The van der Waals surface area contributed by atoms with E-state index in [2.05, 4.69) is 17.1 Å². The van der Waals surface area contributed by atoms with Crippen LogP contribution < -0.4 is 0 Å². The molecule has 0 aromatic carbocycles. The number of nitrogens with zero attached hydrogens (tertiary/aromatic N) is 2. The Labute approximate surface area is 76.5 Å². The Morgan fingerprint density at radius 2 is 2.23 bits per heavy atom. The lowest BCUT2D eigenvalue weighted by Gasteiger charge is -2.10. The highest BCUT2D eigenvalue weighted by molar-refractivity contribution is 5.74. The molecule has 2 rings (SSSR count). The van der Waals surface area contributed by atoms with Gasteiger partial charge in [0.15, 0.2) is 6.29 Å². The molecule has 1 aromatic rings. The molecular formula is C9H12N2O2. The lowest BCUT2D eigenvalue weighted by atomic mass is 10.1. The lowest BCUT2D eigenvalue weighted by Crippen LogP contribution is -2.21. The number of carbonyl (C=O) groups excluding carboxylic acids is 1. The largest absolute Gasteiger partial charge is 0.360 e. The first-order valence-corrected chi connectivity index (χ1v) is 4.42. The number of hydrogen-bond acceptors (Lipinski definition) is 4. The van der Waals surface area contributed by atoms with Crippen LogP contribution in [0.3, 0.4) is 0 Å². The quantitative estimate of drug-likeness (QED) is 0.591. The molecule has 13 heavy (non-hydrogen) atoms. The van der Waals surface area contributed by atoms with E-state index in [-0.39, 0.29) is 0 Å². The minimum Gasteiger partial charge on any atom is -0.360 e. The van der Waals surface area contributed by atoms with E-state index in [0.29, 0.717) is 5.69 Å². The van der Waals surface area contributed by atoms with E-state index in [9.17, 15) is 4.79 Å². The monoisotopic (exact) mass is 180 g/mol. The summed E-state index contributed by atoms with van der Waals surface area (Å²) in [6.45, 7) is 1.94. The van der Waals surface area contributed by atoms with Crippen LogP contribution in [0.2, 0.25) is 0 Å². The van der Waals surface area contributed by atoms with E-state index >= 15 is 0 Å². The number of aldehydes is 1. The molecule has 0 unspecified atom stereocenters. The van der Waals surface area contributed by atoms with Crippen molar-refractivity contribution in [2.45, 2.75) is 12.8 Å². The van der Waals surface area contributed by atoms with Crippen molar-refractivity contribution in [2.75, 3.05) is 20.1 Å². The second-order valence-electron chi connectivity index (χ2n) is 3.39. The molecule has 70 valence electrons. The minimum atomic E-state index is 0.477. The van der Waals surface area contributed by atoms with Gasteiger partial charge in [0.05, 0.1) is 0 Å². The summed E-state index contributed by atoms with van der Waals surface area (Å²) >= 11 is 0. The van der Waals surface area contributed by atoms with Crippen molar-refractivity contribution in [3.8, 4) is 0 Å². The topological polar surface area (TPSA) is 46.3 Å². The smallest absolute Gasteiger partial charge is 0.172 e. The van der Waals surface area contributed by atoms with Crippen molar-refractivity contribution in [3.05, 3.63) is 17.0 Å².